The molecule has 0 spiro atoms. The fraction of sp³-hybridized carbons (Fsp3) is 0.471. The van der Waals surface area contributed by atoms with Crippen molar-refractivity contribution in [3.05, 3.63) is 35.9 Å². The summed E-state index contributed by atoms with van der Waals surface area (Å²) in [4.78, 5) is 12.5. The molecule has 1 aromatic heterocycles. The van der Waals surface area contributed by atoms with Crippen molar-refractivity contribution in [2.75, 3.05) is 0 Å². The zero-order valence-electron chi connectivity index (χ0n) is 13.6. The maximum atomic E-state index is 12.5. The Bertz CT molecular complexity index is 758. The first-order valence-corrected chi connectivity index (χ1v) is 8.33. The minimum Gasteiger partial charge on any atom is -0.482 e. The lowest BCUT2D eigenvalue weighted by Crippen LogP contribution is -2.49. The molecule has 2 aliphatic rings. The predicted molar refractivity (Wildman–Crippen MR) is 85.8 cm³/mol. The van der Waals surface area contributed by atoms with Crippen molar-refractivity contribution in [3.8, 4) is 11.5 Å². The number of carbonyl (C=O) groups is 1. The second-order valence-electron chi connectivity index (χ2n) is 6.17. The van der Waals surface area contributed by atoms with Crippen LogP contribution in [-0.4, -0.2) is 32.9 Å². The van der Waals surface area contributed by atoms with Crippen LogP contribution in [0.3, 0.4) is 0 Å². The van der Waals surface area contributed by atoms with Gasteiger partial charge in [-0.2, -0.15) is 0 Å². The molecule has 0 saturated carbocycles. The normalized spacial score (nSPS) is 21.9. The summed E-state index contributed by atoms with van der Waals surface area (Å²) in [5.74, 6) is 2.86. The van der Waals surface area contributed by atoms with Crippen molar-refractivity contribution in [2.45, 2.75) is 51.5 Å². The molecule has 1 aromatic carbocycles. The molecule has 126 valence electrons. The number of benzene rings is 1. The van der Waals surface area contributed by atoms with Crippen LogP contribution in [-0.2, 0) is 24.3 Å². The number of nitrogens with zero attached hydrogens (tertiary/aromatic N) is 3. The number of ether oxygens (including phenoxy) is 2. The zero-order valence-corrected chi connectivity index (χ0v) is 13.6. The first-order chi connectivity index (χ1) is 11.7. The predicted octanol–water partition coefficient (Wildman–Crippen LogP) is 1.46. The van der Waals surface area contributed by atoms with E-state index in [1.807, 2.05) is 25.1 Å². The summed E-state index contributed by atoms with van der Waals surface area (Å²) in [7, 11) is 0. The third-order valence-electron chi connectivity index (χ3n) is 4.46. The molecule has 0 fully saturated rings. The molecule has 2 atom stereocenters. The van der Waals surface area contributed by atoms with Gasteiger partial charge in [-0.25, -0.2) is 0 Å². The van der Waals surface area contributed by atoms with Gasteiger partial charge in [-0.3, -0.25) is 4.79 Å². The zero-order chi connectivity index (χ0) is 16.5. The Morgan fingerprint density at radius 1 is 1.25 bits per heavy atom. The van der Waals surface area contributed by atoms with E-state index in [2.05, 4.69) is 20.1 Å². The van der Waals surface area contributed by atoms with Gasteiger partial charge in [0.2, 0.25) is 6.10 Å². The Morgan fingerprint density at radius 3 is 2.88 bits per heavy atom. The average Bonchev–Trinajstić information content (AvgIpc) is 3.02. The first kappa shape index (κ1) is 15.0. The van der Waals surface area contributed by atoms with Gasteiger partial charge in [0.05, 0.1) is 6.54 Å². The van der Waals surface area contributed by atoms with Crippen LogP contribution in [0, 0.1) is 0 Å². The van der Waals surface area contributed by atoms with Crippen molar-refractivity contribution in [2.24, 2.45) is 0 Å². The minimum absolute atomic E-state index is 0.204. The number of hydrogen-bond acceptors (Lipinski definition) is 5. The minimum atomic E-state index is -0.677. The van der Waals surface area contributed by atoms with E-state index in [0.717, 1.165) is 37.5 Å². The summed E-state index contributed by atoms with van der Waals surface area (Å²) in [6.45, 7) is 3.10. The summed E-state index contributed by atoms with van der Waals surface area (Å²) in [5, 5.41) is 11.3. The molecule has 1 amide bonds. The van der Waals surface area contributed by atoms with Gasteiger partial charge in [0.15, 0.2) is 17.3 Å². The molecule has 0 radical (unpaired) electrons. The summed E-state index contributed by atoms with van der Waals surface area (Å²) in [5.41, 5.74) is 0. The van der Waals surface area contributed by atoms with Gasteiger partial charge in [-0.15, -0.1) is 10.2 Å². The molecule has 2 unspecified atom stereocenters. The van der Waals surface area contributed by atoms with Crippen LogP contribution < -0.4 is 14.8 Å². The number of fused-ring (bicyclic) bond motifs is 2. The molecular weight excluding hydrogens is 308 g/mol. The lowest BCUT2D eigenvalue weighted by Gasteiger charge is -2.31. The molecule has 2 aliphatic heterocycles. The van der Waals surface area contributed by atoms with Crippen molar-refractivity contribution < 1.29 is 14.3 Å². The standard InChI is InChI=1S/C17H20N4O3/c1-11-16(24-13-7-3-2-6-12(13)23-11)17(22)18-10-15-20-19-14-8-4-5-9-21(14)15/h2-3,6-7,11,16H,4-5,8-10H2,1H3,(H,18,22). The van der Waals surface area contributed by atoms with Crippen LogP contribution in [0.15, 0.2) is 24.3 Å². The Balaban J connectivity index is 1.42. The van der Waals surface area contributed by atoms with Crippen molar-refractivity contribution >= 4 is 5.91 Å². The molecular formula is C17H20N4O3. The third-order valence-corrected chi connectivity index (χ3v) is 4.46. The van der Waals surface area contributed by atoms with E-state index >= 15 is 0 Å². The number of amides is 1. The number of para-hydroxylation sites is 2. The number of aromatic nitrogens is 3. The Kier molecular flexibility index (Phi) is 3.84. The fourth-order valence-electron chi connectivity index (χ4n) is 3.17. The summed E-state index contributed by atoms with van der Waals surface area (Å²) < 4.78 is 13.7. The lowest BCUT2D eigenvalue weighted by molar-refractivity contribution is -0.133. The highest BCUT2D eigenvalue weighted by atomic mass is 16.6. The van der Waals surface area contributed by atoms with Crippen LogP contribution in [0.25, 0.3) is 0 Å². The van der Waals surface area contributed by atoms with Crippen molar-refractivity contribution in [3.63, 3.8) is 0 Å². The van der Waals surface area contributed by atoms with Crippen LogP contribution in [0.4, 0.5) is 0 Å². The topological polar surface area (TPSA) is 78.3 Å². The third kappa shape index (κ3) is 2.70. The second-order valence-corrected chi connectivity index (χ2v) is 6.17. The van der Waals surface area contributed by atoms with Gasteiger partial charge in [0.25, 0.3) is 5.91 Å². The molecule has 0 bridgehead atoms. The van der Waals surface area contributed by atoms with Gasteiger partial charge in [-0.1, -0.05) is 12.1 Å². The maximum Gasteiger partial charge on any atom is 0.265 e. The van der Waals surface area contributed by atoms with Crippen LogP contribution >= 0.6 is 0 Å². The largest absolute Gasteiger partial charge is 0.482 e. The van der Waals surface area contributed by atoms with E-state index < -0.39 is 6.10 Å². The van der Waals surface area contributed by atoms with E-state index in [-0.39, 0.29) is 12.0 Å². The van der Waals surface area contributed by atoms with E-state index in [1.165, 1.54) is 0 Å². The number of hydrogen-bond donors (Lipinski definition) is 1. The smallest absolute Gasteiger partial charge is 0.265 e. The summed E-state index contributed by atoms with van der Waals surface area (Å²) >= 11 is 0. The highest BCUT2D eigenvalue weighted by Crippen LogP contribution is 2.33. The monoisotopic (exact) mass is 328 g/mol. The fourth-order valence-corrected chi connectivity index (χ4v) is 3.17. The van der Waals surface area contributed by atoms with Gasteiger partial charge in [0, 0.05) is 13.0 Å². The SMILES string of the molecule is CC1Oc2ccccc2OC1C(=O)NCc1nnc2n1CCCC2. The van der Waals surface area contributed by atoms with Crippen molar-refractivity contribution in [1.29, 1.82) is 0 Å². The summed E-state index contributed by atoms with van der Waals surface area (Å²) in [6.07, 6.45) is 2.19. The van der Waals surface area contributed by atoms with Crippen LogP contribution in [0.1, 0.15) is 31.4 Å². The van der Waals surface area contributed by atoms with Crippen LogP contribution in [0.2, 0.25) is 0 Å². The molecule has 2 aromatic rings. The molecule has 4 rings (SSSR count). The van der Waals surface area contributed by atoms with Gasteiger partial charge in [-0.05, 0) is 31.9 Å². The molecule has 7 heteroatoms. The van der Waals surface area contributed by atoms with Crippen LogP contribution in [0.5, 0.6) is 11.5 Å². The highest BCUT2D eigenvalue weighted by molar-refractivity contribution is 5.82. The number of rotatable bonds is 3. The molecule has 3 heterocycles. The highest BCUT2D eigenvalue weighted by Gasteiger charge is 2.34. The number of carbonyl (C=O) groups excluding carboxylic acids is 1. The molecule has 0 aliphatic carbocycles. The summed E-state index contributed by atoms with van der Waals surface area (Å²) in [6, 6.07) is 7.37. The van der Waals surface area contributed by atoms with Gasteiger partial charge in [0.1, 0.15) is 11.9 Å². The molecule has 7 nitrogen and oxygen atoms in total. The Labute approximate surface area is 140 Å². The average molecular weight is 328 g/mol. The van der Waals surface area contributed by atoms with E-state index in [0.29, 0.717) is 18.0 Å². The second kappa shape index (κ2) is 6.14. The van der Waals surface area contributed by atoms with Gasteiger partial charge >= 0.3 is 0 Å². The molecule has 0 saturated heterocycles. The Morgan fingerprint density at radius 2 is 2.04 bits per heavy atom. The maximum absolute atomic E-state index is 12.5. The van der Waals surface area contributed by atoms with E-state index in [1.54, 1.807) is 6.07 Å². The van der Waals surface area contributed by atoms with Crippen molar-refractivity contribution in [1.82, 2.24) is 20.1 Å². The van der Waals surface area contributed by atoms with Gasteiger partial charge < -0.3 is 19.4 Å². The quantitative estimate of drug-likeness (QED) is 0.923. The lowest BCUT2D eigenvalue weighted by atomic mass is 10.1. The van der Waals surface area contributed by atoms with E-state index in [9.17, 15) is 4.79 Å². The van der Waals surface area contributed by atoms with E-state index in [4.69, 9.17) is 9.47 Å². The number of nitrogens with one attached hydrogen (secondary N) is 1. The number of aryl methyl sites for hydroxylation is 1. The first-order valence-electron chi connectivity index (χ1n) is 8.33. The molecule has 1 N–H and O–H groups in total. The Hall–Kier alpha value is -2.57. The molecule has 24 heavy (non-hydrogen) atoms.